The van der Waals surface area contributed by atoms with Crippen LogP contribution in [0.1, 0.15) is 27.7 Å². The van der Waals surface area contributed by atoms with E-state index in [9.17, 15) is 0 Å². The highest BCUT2D eigenvalue weighted by Gasteiger charge is 1.94. The second kappa shape index (κ2) is 10.2. The zero-order chi connectivity index (χ0) is 9.98. The predicted molar refractivity (Wildman–Crippen MR) is 58.1 cm³/mol. The highest BCUT2D eigenvalue weighted by atomic mass is 14.6. The summed E-state index contributed by atoms with van der Waals surface area (Å²) >= 11 is 0. The lowest BCUT2D eigenvalue weighted by atomic mass is 10.1. The van der Waals surface area contributed by atoms with Crippen LogP contribution in [0.2, 0.25) is 0 Å². The Morgan fingerprint density at radius 2 is 1.92 bits per heavy atom. The van der Waals surface area contributed by atoms with Crippen LogP contribution >= 0.6 is 0 Å². The van der Waals surface area contributed by atoms with Gasteiger partial charge in [-0.2, -0.15) is 0 Å². The van der Waals surface area contributed by atoms with Crippen molar-refractivity contribution in [1.29, 1.82) is 0 Å². The highest BCUT2D eigenvalue weighted by molar-refractivity contribution is 5.18. The van der Waals surface area contributed by atoms with E-state index >= 15 is 0 Å². The summed E-state index contributed by atoms with van der Waals surface area (Å²) in [5, 5.41) is 0. The van der Waals surface area contributed by atoms with Gasteiger partial charge in [0.25, 0.3) is 0 Å². The second-order valence-electron chi connectivity index (χ2n) is 2.20. The molecule has 0 aromatic carbocycles. The van der Waals surface area contributed by atoms with Gasteiger partial charge < -0.3 is 5.73 Å². The molecule has 0 aromatic heterocycles. The topological polar surface area (TPSA) is 26.0 Å². The lowest BCUT2D eigenvalue weighted by molar-refractivity contribution is 0.952. The predicted octanol–water partition coefficient (Wildman–Crippen LogP) is 3.05. The molecule has 0 fully saturated rings. The van der Waals surface area contributed by atoms with Crippen molar-refractivity contribution in [3.8, 4) is 0 Å². The number of hydrogen-bond donors (Lipinski definition) is 1. The van der Waals surface area contributed by atoms with Gasteiger partial charge in [0.1, 0.15) is 0 Å². The normalized spacial score (nSPS) is 13.6. The molecule has 0 bridgehead atoms. The van der Waals surface area contributed by atoms with Crippen LogP contribution in [0.3, 0.4) is 0 Å². The molecule has 0 aliphatic heterocycles. The van der Waals surface area contributed by atoms with Crippen molar-refractivity contribution < 1.29 is 0 Å². The monoisotopic (exact) mass is 167 g/mol. The van der Waals surface area contributed by atoms with Crippen LogP contribution in [-0.2, 0) is 0 Å². The van der Waals surface area contributed by atoms with Crippen molar-refractivity contribution in [3.63, 3.8) is 0 Å². The minimum absolute atomic E-state index is 0.00352. The lowest BCUT2D eigenvalue weighted by Gasteiger charge is -2.03. The van der Waals surface area contributed by atoms with E-state index in [4.69, 9.17) is 5.73 Å². The molecule has 1 heteroatoms. The molecular formula is C11H21N. The van der Waals surface area contributed by atoms with Gasteiger partial charge in [-0.1, -0.05) is 43.7 Å². The quantitative estimate of drug-likeness (QED) is 0.507. The van der Waals surface area contributed by atoms with E-state index in [1.165, 1.54) is 0 Å². The standard InChI is InChI=1S/C9H15N.C2H6/c1-4-6-7-8(3)9(10)5-2;1-2/h4-7,9H,2,10H2,1,3H3;1-2H3/b6-4-,8-7+;/t9-;/m0./s1. The van der Waals surface area contributed by atoms with E-state index < -0.39 is 0 Å². The summed E-state index contributed by atoms with van der Waals surface area (Å²) in [7, 11) is 0. The van der Waals surface area contributed by atoms with Crippen molar-refractivity contribution in [3.05, 3.63) is 36.5 Å². The summed E-state index contributed by atoms with van der Waals surface area (Å²) in [5.41, 5.74) is 6.77. The number of nitrogens with two attached hydrogens (primary N) is 1. The van der Waals surface area contributed by atoms with E-state index in [0.717, 1.165) is 5.57 Å². The Morgan fingerprint density at radius 1 is 1.42 bits per heavy atom. The Balaban J connectivity index is 0. The maximum atomic E-state index is 5.64. The first-order valence-corrected chi connectivity index (χ1v) is 4.40. The van der Waals surface area contributed by atoms with E-state index in [0.29, 0.717) is 0 Å². The molecule has 12 heavy (non-hydrogen) atoms. The van der Waals surface area contributed by atoms with Crippen LogP contribution in [0, 0.1) is 0 Å². The van der Waals surface area contributed by atoms with Gasteiger partial charge in [0.2, 0.25) is 0 Å². The SMILES string of the molecule is C=C[C@H](N)/C(C)=C/C=C\C.CC. The van der Waals surface area contributed by atoms with Gasteiger partial charge >= 0.3 is 0 Å². The van der Waals surface area contributed by atoms with Gasteiger partial charge in [0, 0.05) is 6.04 Å². The fourth-order valence-corrected chi connectivity index (χ4v) is 0.545. The minimum Gasteiger partial charge on any atom is -0.321 e. The zero-order valence-corrected chi connectivity index (χ0v) is 8.67. The van der Waals surface area contributed by atoms with Gasteiger partial charge in [-0.15, -0.1) is 6.58 Å². The van der Waals surface area contributed by atoms with Gasteiger partial charge in [-0.25, -0.2) is 0 Å². The summed E-state index contributed by atoms with van der Waals surface area (Å²) in [5.74, 6) is 0. The van der Waals surface area contributed by atoms with Crippen molar-refractivity contribution >= 4 is 0 Å². The summed E-state index contributed by atoms with van der Waals surface area (Å²) in [6, 6.07) is -0.00352. The van der Waals surface area contributed by atoms with Gasteiger partial charge in [0.15, 0.2) is 0 Å². The maximum absolute atomic E-state index is 5.64. The minimum atomic E-state index is -0.00352. The fourth-order valence-electron chi connectivity index (χ4n) is 0.545. The number of rotatable bonds is 3. The Kier molecular flexibility index (Phi) is 11.7. The fraction of sp³-hybridized carbons (Fsp3) is 0.455. The maximum Gasteiger partial charge on any atom is 0.0438 e. The average molecular weight is 167 g/mol. The molecule has 0 heterocycles. The second-order valence-corrected chi connectivity index (χ2v) is 2.20. The van der Waals surface area contributed by atoms with E-state index in [1.54, 1.807) is 6.08 Å². The van der Waals surface area contributed by atoms with Gasteiger partial charge in [0.05, 0.1) is 0 Å². The molecule has 0 rings (SSSR count). The third kappa shape index (κ3) is 7.29. The third-order valence-corrected chi connectivity index (χ3v) is 1.33. The summed E-state index contributed by atoms with van der Waals surface area (Å²) in [6.45, 7) is 11.6. The number of hydrogen-bond acceptors (Lipinski definition) is 1. The Bertz CT molecular complexity index is 154. The van der Waals surface area contributed by atoms with Crippen molar-refractivity contribution in [1.82, 2.24) is 0 Å². The van der Waals surface area contributed by atoms with E-state index in [2.05, 4.69) is 6.58 Å². The molecular weight excluding hydrogens is 146 g/mol. The number of allylic oxidation sites excluding steroid dienone is 3. The largest absolute Gasteiger partial charge is 0.321 e. The molecule has 2 N–H and O–H groups in total. The Hall–Kier alpha value is -0.820. The van der Waals surface area contributed by atoms with Crippen molar-refractivity contribution in [2.24, 2.45) is 5.73 Å². The third-order valence-electron chi connectivity index (χ3n) is 1.33. The van der Waals surface area contributed by atoms with Gasteiger partial charge in [-0.3, -0.25) is 0 Å². The van der Waals surface area contributed by atoms with Crippen molar-refractivity contribution in [2.45, 2.75) is 33.7 Å². The van der Waals surface area contributed by atoms with Crippen molar-refractivity contribution in [2.75, 3.05) is 0 Å². The van der Waals surface area contributed by atoms with Crippen LogP contribution < -0.4 is 5.73 Å². The van der Waals surface area contributed by atoms with E-state index in [1.807, 2.05) is 45.9 Å². The van der Waals surface area contributed by atoms with Crippen LogP contribution in [0.4, 0.5) is 0 Å². The molecule has 70 valence electrons. The van der Waals surface area contributed by atoms with Crippen LogP contribution in [0.5, 0.6) is 0 Å². The van der Waals surface area contributed by atoms with Crippen LogP contribution in [0.15, 0.2) is 36.5 Å². The smallest absolute Gasteiger partial charge is 0.0438 e. The Labute approximate surface area is 76.7 Å². The molecule has 0 radical (unpaired) electrons. The summed E-state index contributed by atoms with van der Waals surface area (Å²) in [4.78, 5) is 0. The molecule has 1 nitrogen and oxygen atoms in total. The van der Waals surface area contributed by atoms with Crippen LogP contribution in [-0.4, -0.2) is 6.04 Å². The van der Waals surface area contributed by atoms with Crippen LogP contribution in [0.25, 0.3) is 0 Å². The molecule has 0 aliphatic rings. The lowest BCUT2D eigenvalue weighted by Crippen LogP contribution is -2.17. The molecule has 0 amide bonds. The van der Waals surface area contributed by atoms with Gasteiger partial charge in [-0.05, 0) is 13.8 Å². The molecule has 1 atom stereocenters. The Morgan fingerprint density at radius 3 is 2.25 bits per heavy atom. The molecule has 0 unspecified atom stereocenters. The highest BCUT2D eigenvalue weighted by Crippen LogP contribution is 1.98. The summed E-state index contributed by atoms with van der Waals surface area (Å²) in [6.07, 6.45) is 7.67. The first-order chi connectivity index (χ1) is 5.72. The zero-order valence-electron chi connectivity index (χ0n) is 8.67. The first-order valence-electron chi connectivity index (χ1n) is 4.40. The first kappa shape index (κ1) is 13.7. The summed E-state index contributed by atoms with van der Waals surface area (Å²) < 4.78 is 0. The molecule has 0 aromatic rings. The molecule has 0 saturated heterocycles. The molecule has 0 saturated carbocycles. The average Bonchev–Trinajstić information content (AvgIpc) is 2.16. The van der Waals surface area contributed by atoms with E-state index in [-0.39, 0.29) is 6.04 Å². The molecule has 0 spiro atoms. The molecule has 0 aliphatic carbocycles.